The summed E-state index contributed by atoms with van der Waals surface area (Å²) in [4.78, 5) is 23.8. The van der Waals surface area contributed by atoms with Crippen LogP contribution in [-0.2, 0) is 22.1 Å². The van der Waals surface area contributed by atoms with Crippen LogP contribution in [0.2, 0.25) is 0 Å². The first kappa shape index (κ1) is 17.2. The molecular formula is C17H26N4O2. The molecule has 1 saturated carbocycles. The Kier molecular flexibility index (Phi) is 4.92. The second-order valence-electron chi connectivity index (χ2n) is 7.20. The molecule has 1 fully saturated rings. The summed E-state index contributed by atoms with van der Waals surface area (Å²) in [6.07, 6.45) is 3.51. The highest BCUT2D eigenvalue weighted by Gasteiger charge is 2.31. The molecule has 0 radical (unpaired) electrons. The van der Waals surface area contributed by atoms with Crippen LogP contribution in [0.15, 0.2) is 18.7 Å². The molecule has 1 aromatic heterocycles. The number of rotatable bonds is 4. The van der Waals surface area contributed by atoms with Gasteiger partial charge in [-0.2, -0.15) is 5.10 Å². The largest absolute Gasteiger partial charge is 0.350 e. The lowest BCUT2D eigenvalue weighted by atomic mass is 9.92. The van der Waals surface area contributed by atoms with Crippen LogP contribution in [0.25, 0.3) is 0 Å². The predicted molar refractivity (Wildman–Crippen MR) is 90.0 cm³/mol. The molecule has 1 heterocycles. The number of nitrogens with zero attached hydrogens (tertiary/aromatic N) is 2. The Morgan fingerprint density at radius 1 is 1.39 bits per heavy atom. The fourth-order valence-corrected chi connectivity index (χ4v) is 2.79. The molecule has 0 saturated heterocycles. The first-order valence-corrected chi connectivity index (χ1v) is 7.99. The molecule has 1 aliphatic rings. The number of amides is 2. The zero-order valence-corrected chi connectivity index (χ0v) is 14.3. The van der Waals surface area contributed by atoms with E-state index in [0.717, 1.165) is 18.5 Å². The van der Waals surface area contributed by atoms with E-state index in [1.165, 1.54) is 6.08 Å². The zero-order chi connectivity index (χ0) is 17.2. The SMILES string of the molecule is C=CC(=O)N[C@H]1CC[C@H](C(=O)Nc2cc(C(C)(C)C)nn2C)C1. The number of anilines is 1. The minimum Gasteiger partial charge on any atom is -0.350 e. The van der Waals surface area contributed by atoms with Gasteiger partial charge in [0.1, 0.15) is 5.82 Å². The quantitative estimate of drug-likeness (QED) is 0.835. The Bertz CT molecular complexity index is 613. The Morgan fingerprint density at radius 2 is 2.09 bits per heavy atom. The van der Waals surface area contributed by atoms with E-state index in [1.54, 1.807) is 4.68 Å². The lowest BCUT2D eigenvalue weighted by molar-refractivity contribution is -0.120. The molecule has 126 valence electrons. The van der Waals surface area contributed by atoms with Gasteiger partial charge in [-0.25, -0.2) is 0 Å². The summed E-state index contributed by atoms with van der Waals surface area (Å²) in [5, 5.41) is 10.3. The highest BCUT2D eigenvalue weighted by atomic mass is 16.2. The van der Waals surface area contributed by atoms with Gasteiger partial charge in [-0.1, -0.05) is 27.4 Å². The molecule has 0 spiro atoms. The minimum absolute atomic E-state index is 0.0104. The third-order valence-electron chi connectivity index (χ3n) is 4.23. The Hall–Kier alpha value is -2.11. The van der Waals surface area contributed by atoms with E-state index in [4.69, 9.17) is 0 Å². The average molecular weight is 318 g/mol. The van der Waals surface area contributed by atoms with E-state index in [0.29, 0.717) is 12.2 Å². The van der Waals surface area contributed by atoms with Crippen LogP contribution < -0.4 is 10.6 Å². The van der Waals surface area contributed by atoms with Crippen molar-refractivity contribution in [1.82, 2.24) is 15.1 Å². The molecule has 23 heavy (non-hydrogen) atoms. The summed E-state index contributed by atoms with van der Waals surface area (Å²) < 4.78 is 1.70. The standard InChI is InChI=1S/C17H26N4O2/c1-6-15(22)18-12-8-7-11(9-12)16(23)19-14-10-13(17(2,3)4)20-21(14)5/h6,10-12H,1,7-9H2,2-5H3,(H,18,22)(H,19,23)/t11-,12-/m0/s1. The highest BCUT2D eigenvalue weighted by Crippen LogP contribution is 2.28. The van der Waals surface area contributed by atoms with Gasteiger partial charge in [0.05, 0.1) is 5.69 Å². The molecule has 0 bridgehead atoms. The zero-order valence-electron chi connectivity index (χ0n) is 14.3. The molecule has 0 unspecified atom stereocenters. The van der Waals surface area contributed by atoms with E-state index in [1.807, 2.05) is 13.1 Å². The van der Waals surface area contributed by atoms with Crippen LogP contribution in [0.5, 0.6) is 0 Å². The van der Waals surface area contributed by atoms with Gasteiger partial charge in [0.2, 0.25) is 11.8 Å². The summed E-state index contributed by atoms with van der Waals surface area (Å²) in [5.74, 6) is 0.429. The van der Waals surface area contributed by atoms with E-state index in [9.17, 15) is 9.59 Å². The van der Waals surface area contributed by atoms with E-state index in [2.05, 4.69) is 43.1 Å². The predicted octanol–water partition coefficient (Wildman–Crippen LogP) is 2.13. The van der Waals surface area contributed by atoms with Gasteiger partial charge in [0.25, 0.3) is 0 Å². The third kappa shape index (κ3) is 4.21. The Balaban J connectivity index is 1.97. The lowest BCUT2D eigenvalue weighted by Crippen LogP contribution is -2.32. The van der Waals surface area contributed by atoms with Crippen LogP contribution in [0.4, 0.5) is 5.82 Å². The molecule has 2 atom stereocenters. The Labute approximate surface area is 137 Å². The van der Waals surface area contributed by atoms with Crippen LogP contribution >= 0.6 is 0 Å². The van der Waals surface area contributed by atoms with Crippen molar-refractivity contribution in [3.05, 3.63) is 24.4 Å². The summed E-state index contributed by atoms with van der Waals surface area (Å²) in [6.45, 7) is 9.71. The van der Waals surface area contributed by atoms with Gasteiger partial charge in [0.15, 0.2) is 0 Å². The van der Waals surface area contributed by atoms with Crippen molar-refractivity contribution in [2.75, 3.05) is 5.32 Å². The fraction of sp³-hybridized carbons (Fsp3) is 0.588. The summed E-state index contributed by atoms with van der Waals surface area (Å²) in [7, 11) is 1.83. The molecule has 0 aliphatic heterocycles. The van der Waals surface area contributed by atoms with E-state index >= 15 is 0 Å². The van der Waals surface area contributed by atoms with E-state index in [-0.39, 0.29) is 29.2 Å². The Morgan fingerprint density at radius 3 is 2.65 bits per heavy atom. The molecule has 6 heteroatoms. The summed E-state index contributed by atoms with van der Waals surface area (Å²) in [5.41, 5.74) is 0.881. The maximum absolute atomic E-state index is 12.4. The number of carbonyl (C=O) groups is 2. The third-order valence-corrected chi connectivity index (χ3v) is 4.23. The average Bonchev–Trinajstić information content (AvgIpc) is 3.06. The van der Waals surface area contributed by atoms with Crippen molar-refractivity contribution >= 4 is 17.6 Å². The molecule has 0 aromatic carbocycles. The summed E-state index contributed by atoms with van der Waals surface area (Å²) in [6, 6.07) is 1.97. The monoisotopic (exact) mass is 318 g/mol. The van der Waals surface area contributed by atoms with Crippen LogP contribution in [0.3, 0.4) is 0 Å². The van der Waals surface area contributed by atoms with Crippen molar-refractivity contribution in [2.24, 2.45) is 13.0 Å². The van der Waals surface area contributed by atoms with Crippen LogP contribution in [-0.4, -0.2) is 27.6 Å². The van der Waals surface area contributed by atoms with Crippen LogP contribution in [0, 0.1) is 5.92 Å². The topological polar surface area (TPSA) is 76.0 Å². The minimum atomic E-state index is -0.183. The van der Waals surface area contributed by atoms with Gasteiger partial charge in [-0.15, -0.1) is 0 Å². The van der Waals surface area contributed by atoms with Gasteiger partial charge in [0, 0.05) is 30.5 Å². The van der Waals surface area contributed by atoms with Crippen LogP contribution in [0.1, 0.15) is 45.7 Å². The van der Waals surface area contributed by atoms with Crippen molar-refractivity contribution < 1.29 is 9.59 Å². The van der Waals surface area contributed by atoms with Crippen molar-refractivity contribution in [1.29, 1.82) is 0 Å². The molecule has 2 N–H and O–H groups in total. The maximum atomic E-state index is 12.4. The molecule has 6 nitrogen and oxygen atoms in total. The second-order valence-corrected chi connectivity index (χ2v) is 7.20. The highest BCUT2D eigenvalue weighted by molar-refractivity contribution is 5.92. The van der Waals surface area contributed by atoms with Gasteiger partial charge in [-0.3, -0.25) is 14.3 Å². The van der Waals surface area contributed by atoms with Crippen molar-refractivity contribution in [3.8, 4) is 0 Å². The number of carbonyl (C=O) groups excluding carboxylic acids is 2. The number of nitrogens with one attached hydrogen (secondary N) is 2. The summed E-state index contributed by atoms with van der Waals surface area (Å²) >= 11 is 0. The number of hydrogen-bond acceptors (Lipinski definition) is 3. The molecule has 2 amide bonds. The molecule has 2 rings (SSSR count). The molecular weight excluding hydrogens is 292 g/mol. The van der Waals surface area contributed by atoms with Crippen molar-refractivity contribution in [3.63, 3.8) is 0 Å². The number of aromatic nitrogens is 2. The second kappa shape index (κ2) is 6.56. The first-order chi connectivity index (χ1) is 10.7. The lowest BCUT2D eigenvalue weighted by Gasteiger charge is -2.13. The first-order valence-electron chi connectivity index (χ1n) is 7.99. The number of aryl methyl sites for hydroxylation is 1. The maximum Gasteiger partial charge on any atom is 0.243 e. The normalized spacial score (nSPS) is 21.0. The molecule has 1 aromatic rings. The van der Waals surface area contributed by atoms with Gasteiger partial charge in [-0.05, 0) is 25.3 Å². The van der Waals surface area contributed by atoms with E-state index < -0.39 is 0 Å². The molecule has 1 aliphatic carbocycles. The number of hydrogen-bond donors (Lipinski definition) is 2. The van der Waals surface area contributed by atoms with Gasteiger partial charge < -0.3 is 10.6 Å². The van der Waals surface area contributed by atoms with Crippen molar-refractivity contribution in [2.45, 2.75) is 51.5 Å². The van der Waals surface area contributed by atoms with Gasteiger partial charge >= 0.3 is 0 Å². The smallest absolute Gasteiger partial charge is 0.243 e. The fourth-order valence-electron chi connectivity index (χ4n) is 2.79.